The Kier molecular flexibility index (Phi) is 3.56. The van der Waals surface area contributed by atoms with Crippen molar-refractivity contribution in [2.24, 2.45) is 0 Å². The standard InChI is InChI=1S/C13H16N4O2S/c18-20(19,16-5-7-17-6-1-4-15-17)13-3-2-11-9-14-10-12(11)8-13/h1-4,6,8,14,16H,5,7,9-10H2. The predicted molar refractivity (Wildman–Crippen MR) is 74.4 cm³/mol. The van der Waals surface area contributed by atoms with Gasteiger partial charge < -0.3 is 5.32 Å². The Bertz CT molecular complexity index is 695. The molecule has 7 heteroatoms. The molecule has 1 aliphatic heterocycles. The van der Waals surface area contributed by atoms with E-state index in [0.29, 0.717) is 18.0 Å². The molecule has 0 saturated heterocycles. The van der Waals surface area contributed by atoms with Crippen molar-refractivity contribution >= 4 is 10.0 Å². The fourth-order valence-corrected chi connectivity index (χ4v) is 3.32. The van der Waals surface area contributed by atoms with Crippen molar-refractivity contribution in [2.75, 3.05) is 6.54 Å². The molecule has 20 heavy (non-hydrogen) atoms. The Morgan fingerprint density at radius 2 is 2.15 bits per heavy atom. The molecule has 0 spiro atoms. The Hall–Kier alpha value is -1.70. The van der Waals surface area contributed by atoms with Crippen molar-refractivity contribution in [3.05, 3.63) is 47.8 Å². The van der Waals surface area contributed by atoms with Crippen molar-refractivity contribution in [1.29, 1.82) is 0 Å². The normalized spacial score (nSPS) is 14.4. The van der Waals surface area contributed by atoms with Crippen molar-refractivity contribution < 1.29 is 8.42 Å². The van der Waals surface area contributed by atoms with Crippen LogP contribution in [0.4, 0.5) is 0 Å². The lowest BCUT2D eigenvalue weighted by Crippen LogP contribution is -2.27. The minimum Gasteiger partial charge on any atom is -0.309 e. The summed E-state index contributed by atoms with van der Waals surface area (Å²) in [5.74, 6) is 0. The van der Waals surface area contributed by atoms with Gasteiger partial charge in [-0.1, -0.05) is 6.07 Å². The van der Waals surface area contributed by atoms with Crippen molar-refractivity contribution in [3.8, 4) is 0 Å². The van der Waals surface area contributed by atoms with E-state index in [1.54, 1.807) is 29.2 Å². The van der Waals surface area contributed by atoms with E-state index in [0.717, 1.165) is 18.7 Å². The monoisotopic (exact) mass is 292 g/mol. The molecule has 106 valence electrons. The predicted octanol–water partition coefficient (Wildman–Crippen LogP) is 0.465. The van der Waals surface area contributed by atoms with Crippen LogP contribution in [0, 0.1) is 0 Å². The lowest BCUT2D eigenvalue weighted by molar-refractivity contribution is 0.561. The van der Waals surface area contributed by atoms with E-state index in [2.05, 4.69) is 15.1 Å². The average molecular weight is 292 g/mol. The van der Waals surface area contributed by atoms with Gasteiger partial charge in [-0.25, -0.2) is 13.1 Å². The smallest absolute Gasteiger partial charge is 0.240 e. The van der Waals surface area contributed by atoms with Crippen LogP contribution in [-0.2, 0) is 29.7 Å². The Morgan fingerprint density at radius 1 is 1.30 bits per heavy atom. The highest BCUT2D eigenvalue weighted by molar-refractivity contribution is 7.89. The van der Waals surface area contributed by atoms with E-state index in [-0.39, 0.29) is 0 Å². The molecule has 0 amide bonds. The molecule has 0 saturated carbocycles. The number of nitrogens with one attached hydrogen (secondary N) is 2. The topological polar surface area (TPSA) is 76.0 Å². The summed E-state index contributed by atoms with van der Waals surface area (Å²) in [6, 6.07) is 7.08. The van der Waals surface area contributed by atoms with E-state index in [9.17, 15) is 8.42 Å². The third-order valence-corrected chi connectivity index (χ3v) is 4.77. The van der Waals surface area contributed by atoms with E-state index < -0.39 is 10.0 Å². The molecule has 1 aromatic carbocycles. The van der Waals surface area contributed by atoms with E-state index in [1.807, 2.05) is 12.1 Å². The zero-order chi connectivity index (χ0) is 14.0. The molecule has 0 unspecified atom stereocenters. The van der Waals surface area contributed by atoms with Gasteiger partial charge in [-0.15, -0.1) is 0 Å². The molecule has 1 aromatic heterocycles. The summed E-state index contributed by atoms with van der Waals surface area (Å²) >= 11 is 0. The molecular weight excluding hydrogens is 276 g/mol. The van der Waals surface area contributed by atoms with Crippen molar-refractivity contribution in [3.63, 3.8) is 0 Å². The molecule has 1 aliphatic rings. The molecule has 0 fully saturated rings. The van der Waals surface area contributed by atoms with Gasteiger partial charge in [0.15, 0.2) is 0 Å². The second-order valence-electron chi connectivity index (χ2n) is 4.70. The number of sulfonamides is 1. The van der Waals surface area contributed by atoms with E-state index >= 15 is 0 Å². The van der Waals surface area contributed by atoms with E-state index in [4.69, 9.17) is 0 Å². The molecule has 2 N–H and O–H groups in total. The second kappa shape index (κ2) is 5.35. The molecule has 2 aromatic rings. The fourth-order valence-electron chi connectivity index (χ4n) is 2.25. The Balaban J connectivity index is 1.68. The summed E-state index contributed by atoms with van der Waals surface area (Å²) < 4.78 is 28.7. The van der Waals surface area contributed by atoms with Crippen LogP contribution in [0.1, 0.15) is 11.1 Å². The maximum atomic E-state index is 12.2. The van der Waals surface area contributed by atoms with Crippen molar-refractivity contribution in [2.45, 2.75) is 24.5 Å². The number of fused-ring (bicyclic) bond motifs is 1. The van der Waals surface area contributed by atoms with Gasteiger partial charge in [-0.3, -0.25) is 4.68 Å². The van der Waals surface area contributed by atoms with Gasteiger partial charge in [0, 0.05) is 32.0 Å². The lowest BCUT2D eigenvalue weighted by Gasteiger charge is -2.08. The zero-order valence-electron chi connectivity index (χ0n) is 10.9. The third-order valence-electron chi connectivity index (χ3n) is 3.31. The Morgan fingerprint density at radius 3 is 2.95 bits per heavy atom. The number of hydrogen-bond donors (Lipinski definition) is 2. The van der Waals surface area contributed by atoms with Crippen LogP contribution in [0.2, 0.25) is 0 Å². The summed E-state index contributed by atoms with van der Waals surface area (Å²) in [5.41, 5.74) is 2.22. The SMILES string of the molecule is O=S(=O)(NCCn1cccn1)c1ccc2c(c1)CNC2. The summed E-state index contributed by atoms with van der Waals surface area (Å²) in [6.07, 6.45) is 3.47. The highest BCUT2D eigenvalue weighted by Crippen LogP contribution is 2.19. The first-order chi connectivity index (χ1) is 9.65. The maximum absolute atomic E-state index is 12.2. The minimum absolute atomic E-state index is 0.319. The first-order valence-corrected chi connectivity index (χ1v) is 7.93. The number of nitrogens with zero attached hydrogens (tertiary/aromatic N) is 2. The number of benzene rings is 1. The zero-order valence-corrected chi connectivity index (χ0v) is 11.7. The summed E-state index contributed by atoms with van der Waals surface area (Å²) in [4.78, 5) is 0.320. The molecule has 0 bridgehead atoms. The number of aromatic nitrogens is 2. The average Bonchev–Trinajstić information content (AvgIpc) is 3.08. The van der Waals surface area contributed by atoms with Gasteiger partial charge in [0.05, 0.1) is 11.4 Å². The third kappa shape index (κ3) is 2.74. The summed E-state index contributed by atoms with van der Waals surface area (Å²) in [5, 5.41) is 7.23. The van der Waals surface area contributed by atoms with Gasteiger partial charge in [0.1, 0.15) is 0 Å². The minimum atomic E-state index is -3.45. The molecule has 0 aliphatic carbocycles. The van der Waals surface area contributed by atoms with Gasteiger partial charge in [-0.05, 0) is 29.3 Å². The van der Waals surface area contributed by atoms with Crippen LogP contribution in [0.25, 0.3) is 0 Å². The molecule has 3 rings (SSSR count). The summed E-state index contributed by atoms with van der Waals surface area (Å²) in [6.45, 7) is 2.37. The molecular formula is C13H16N4O2S. The second-order valence-corrected chi connectivity index (χ2v) is 6.47. The quantitative estimate of drug-likeness (QED) is 0.840. The van der Waals surface area contributed by atoms with Crippen LogP contribution in [0.5, 0.6) is 0 Å². The van der Waals surface area contributed by atoms with Crippen LogP contribution in [-0.4, -0.2) is 24.7 Å². The van der Waals surface area contributed by atoms with E-state index in [1.165, 1.54) is 5.56 Å². The maximum Gasteiger partial charge on any atom is 0.240 e. The van der Waals surface area contributed by atoms with Gasteiger partial charge >= 0.3 is 0 Å². The van der Waals surface area contributed by atoms with Gasteiger partial charge in [-0.2, -0.15) is 5.10 Å². The van der Waals surface area contributed by atoms with Crippen LogP contribution >= 0.6 is 0 Å². The van der Waals surface area contributed by atoms with Gasteiger partial charge in [0.25, 0.3) is 0 Å². The number of rotatable bonds is 5. The van der Waals surface area contributed by atoms with Gasteiger partial charge in [0.2, 0.25) is 10.0 Å². The molecule has 0 atom stereocenters. The fraction of sp³-hybridized carbons (Fsp3) is 0.308. The molecule has 0 radical (unpaired) electrons. The Labute approximate surface area is 117 Å². The summed E-state index contributed by atoms with van der Waals surface area (Å²) in [7, 11) is -3.45. The van der Waals surface area contributed by atoms with Crippen LogP contribution < -0.4 is 10.0 Å². The number of hydrogen-bond acceptors (Lipinski definition) is 4. The van der Waals surface area contributed by atoms with Crippen LogP contribution in [0.15, 0.2) is 41.6 Å². The first kappa shape index (κ1) is 13.3. The molecule has 2 heterocycles. The highest BCUT2D eigenvalue weighted by atomic mass is 32.2. The highest BCUT2D eigenvalue weighted by Gasteiger charge is 2.17. The van der Waals surface area contributed by atoms with Crippen LogP contribution in [0.3, 0.4) is 0 Å². The first-order valence-electron chi connectivity index (χ1n) is 6.45. The van der Waals surface area contributed by atoms with Crippen molar-refractivity contribution in [1.82, 2.24) is 19.8 Å². The lowest BCUT2D eigenvalue weighted by atomic mass is 10.1. The molecule has 6 nitrogen and oxygen atoms in total. The largest absolute Gasteiger partial charge is 0.309 e.